The first-order chi connectivity index (χ1) is 15.1. The van der Waals surface area contributed by atoms with Crippen LogP contribution in [0.3, 0.4) is 0 Å². The van der Waals surface area contributed by atoms with Gasteiger partial charge in [0.05, 0.1) is 11.3 Å². The molecule has 0 aliphatic carbocycles. The number of allylic oxidation sites excluding steroid dienone is 2. The fourth-order valence-corrected chi connectivity index (χ4v) is 2.68. The molecule has 5 nitrogen and oxygen atoms in total. The zero-order valence-corrected chi connectivity index (χ0v) is 18.2. The Morgan fingerprint density at radius 2 is 2.03 bits per heavy atom. The predicted octanol–water partition coefficient (Wildman–Crippen LogP) is 5.49. The molecule has 0 aliphatic rings. The van der Waals surface area contributed by atoms with E-state index in [0.717, 1.165) is 16.3 Å². The first-order valence-electron chi connectivity index (χ1n) is 10.7. The molecule has 0 bridgehead atoms. The first kappa shape index (κ1) is 17.1. The van der Waals surface area contributed by atoms with Crippen LogP contribution >= 0.6 is 0 Å². The van der Waals surface area contributed by atoms with Gasteiger partial charge < -0.3 is 14.5 Å². The Kier molecular flexibility index (Phi) is 5.65. The average molecular weight is 570 g/mol. The molecular formula is C23H21IrN2O3-. The minimum atomic E-state index is -2.28. The van der Waals surface area contributed by atoms with Crippen molar-refractivity contribution in [3.63, 3.8) is 0 Å². The third-order valence-corrected chi connectivity index (χ3v) is 3.79. The maximum absolute atomic E-state index is 10.0. The van der Waals surface area contributed by atoms with Gasteiger partial charge in [0, 0.05) is 48.9 Å². The van der Waals surface area contributed by atoms with Gasteiger partial charge in [0.2, 0.25) is 5.71 Å². The van der Waals surface area contributed by atoms with Crippen LogP contribution in [0.5, 0.6) is 0 Å². The van der Waals surface area contributed by atoms with Gasteiger partial charge in [-0.3, -0.25) is 4.79 Å². The number of aromatic nitrogens is 2. The van der Waals surface area contributed by atoms with Crippen molar-refractivity contribution in [1.29, 1.82) is 0 Å². The summed E-state index contributed by atoms with van der Waals surface area (Å²) in [5.41, 5.74) is 3.04. The number of carbonyl (C=O) groups excluding carboxylic acids is 1. The molecule has 3 heterocycles. The van der Waals surface area contributed by atoms with Gasteiger partial charge in [-0.05, 0) is 51.0 Å². The van der Waals surface area contributed by atoms with E-state index in [1.807, 2.05) is 18.2 Å². The Balaban J connectivity index is 0.000000423. The summed E-state index contributed by atoms with van der Waals surface area (Å²) >= 11 is 0. The Morgan fingerprint density at radius 3 is 2.62 bits per heavy atom. The fourth-order valence-electron chi connectivity index (χ4n) is 2.68. The number of carbonyl (C=O) groups is 1. The second kappa shape index (κ2) is 9.59. The minimum Gasteiger partial charge on any atom is -0.512 e. The van der Waals surface area contributed by atoms with Gasteiger partial charge in [-0.15, -0.1) is 18.2 Å². The number of aliphatic hydroxyl groups is 1. The molecule has 1 aromatic carbocycles. The van der Waals surface area contributed by atoms with E-state index in [9.17, 15) is 4.79 Å². The first-order valence-corrected chi connectivity index (χ1v) is 8.47. The van der Waals surface area contributed by atoms with Crippen LogP contribution < -0.4 is 0 Å². The van der Waals surface area contributed by atoms with Crippen molar-refractivity contribution in [2.75, 3.05) is 0 Å². The molecule has 4 rings (SSSR count). The van der Waals surface area contributed by atoms with Crippen molar-refractivity contribution in [2.45, 2.75) is 27.6 Å². The van der Waals surface area contributed by atoms with Crippen LogP contribution in [0.4, 0.5) is 0 Å². The Bertz CT molecular complexity index is 1300. The maximum atomic E-state index is 10.0. The van der Waals surface area contributed by atoms with Gasteiger partial charge in [-0.1, -0.05) is 23.1 Å². The van der Waals surface area contributed by atoms with Crippen molar-refractivity contribution in [1.82, 2.24) is 9.97 Å². The number of aliphatic hydroxyl groups excluding tert-OH is 1. The molecule has 0 amide bonds. The van der Waals surface area contributed by atoms with Crippen molar-refractivity contribution in [2.24, 2.45) is 0 Å². The molecule has 29 heavy (non-hydrogen) atoms. The van der Waals surface area contributed by atoms with Crippen molar-refractivity contribution in [3.05, 3.63) is 71.8 Å². The predicted molar refractivity (Wildman–Crippen MR) is 110 cm³/mol. The molecule has 6 heteroatoms. The molecule has 0 unspecified atom stereocenters. The van der Waals surface area contributed by atoms with E-state index in [0.29, 0.717) is 16.8 Å². The molecule has 1 radical (unpaired) electrons. The molecule has 0 fully saturated rings. The van der Waals surface area contributed by atoms with E-state index in [2.05, 4.69) is 16.0 Å². The summed E-state index contributed by atoms with van der Waals surface area (Å²) in [6.45, 7) is 0.741. The quantitative estimate of drug-likeness (QED) is 0.196. The summed E-state index contributed by atoms with van der Waals surface area (Å²) in [6, 6.07) is 13.7. The van der Waals surface area contributed by atoms with Crippen LogP contribution in [0, 0.1) is 19.8 Å². The summed E-state index contributed by atoms with van der Waals surface area (Å²) in [6.07, 6.45) is 2.82. The van der Waals surface area contributed by atoms with Gasteiger partial charge in [-0.2, -0.15) is 0 Å². The third kappa shape index (κ3) is 5.37. The van der Waals surface area contributed by atoms with E-state index in [1.54, 1.807) is 18.3 Å². The Hall–Kier alpha value is -2.82. The van der Waals surface area contributed by atoms with Gasteiger partial charge in [0.15, 0.2) is 5.78 Å². The van der Waals surface area contributed by atoms with Gasteiger partial charge in [0.25, 0.3) is 0 Å². The van der Waals surface area contributed by atoms with E-state index < -0.39 is 6.85 Å². The normalized spacial score (nSPS) is 13.4. The number of furan rings is 1. The molecule has 3 aromatic heterocycles. The number of hydrogen-bond donors (Lipinski definition) is 1. The van der Waals surface area contributed by atoms with E-state index in [4.69, 9.17) is 15.0 Å². The van der Waals surface area contributed by atoms with Crippen LogP contribution in [-0.2, 0) is 24.9 Å². The van der Waals surface area contributed by atoms with Gasteiger partial charge in [0.1, 0.15) is 0 Å². The molecule has 4 aromatic rings. The molecule has 0 spiro atoms. The minimum absolute atomic E-state index is 0. The second-order valence-corrected chi connectivity index (χ2v) is 6.19. The summed E-state index contributed by atoms with van der Waals surface area (Å²) < 4.78 is 35.7. The van der Waals surface area contributed by atoms with Crippen molar-refractivity contribution in [3.8, 4) is 11.3 Å². The van der Waals surface area contributed by atoms with Crippen LogP contribution in [0.15, 0.2) is 58.8 Å². The van der Waals surface area contributed by atoms with Crippen molar-refractivity contribution >= 4 is 27.9 Å². The van der Waals surface area contributed by atoms with Crippen LogP contribution in [0.2, 0.25) is 0 Å². The summed E-state index contributed by atoms with van der Waals surface area (Å²) in [4.78, 5) is 18.6. The zero-order chi connectivity index (χ0) is 23.5. The summed E-state index contributed by atoms with van der Waals surface area (Å²) in [5, 5.41) is 9.95. The number of ketones is 1. The summed E-state index contributed by atoms with van der Waals surface area (Å²) in [5.74, 6) is -0.0625. The largest absolute Gasteiger partial charge is 0.512 e. The van der Waals surface area contributed by atoms with Crippen molar-refractivity contribution < 1.29 is 39.9 Å². The number of rotatable bonds is 2. The average Bonchev–Trinajstić information content (AvgIpc) is 3.11. The van der Waals surface area contributed by atoms with Gasteiger partial charge in [-0.25, -0.2) is 4.98 Å². The Labute approximate surface area is 188 Å². The van der Waals surface area contributed by atoms with E-state index in [-0.39, 0.29) is 50.0 Å². The monoisotopic (exact) mass is 570 g/mol. The smallest absolute Gasteiger partial charge is 0.216 e. The van der Waals surface area contributed by atoms with Crippen LogP contribution in [0.1, 0.15) is 30.6 Å². The number of pyridine rings is 2. The zero-order valence-electron chi connectivity index (χ0n) is 19.8. The van der Waals surface area contributed by atoms with Crippen LogP contribution in [0.25, 0.3) is 33.3 Å². The summed E-state index contributed by atoms with van der Waals surface area (Å²) in [7, 11) is 0. The third-order valence-electron chi connectivity index (χ3n) is 3.79. The SMILES string of the molecule is CC(=O)/C=C(/C)O.[2H]Cc1ccc(-c2[c-]ccc3c2oc2nc(C([2H])([2H])[2H])ccc23)nc1.[Ir]. The fraction of sp³-hybridized carbons (Fsp3) is 0.174. The molecule has 0 atom stereocenters. The molecular weight excluding hydrogens is 544 g/mol. The standard InChI is InChI=1S/C18H13N2O.C5H8O2.Ir/c1-11-6-9-16(19-10-11)15-5-3-4-13-14-8-7-12(2)20-18(14)21-17(13)15;1-4(6)3-5(2)7;/h3-4,6-10H,1-2H3;3,6H,1-2H3;/q-1;;/b;4-3-;/i1D,2D3;;. The topological polar surface area (TPSA) is 76.2 Å². The molecule has 0 saturated carbocycles. The van der Waals surface area contributed by atoms with Crippen LogP contribution in [-0.4, -0.2) is 20.9 Å². The molecule has 151 valence electrons. The Morgan fingerprint density at radius 1 is 1.21 bits per heavy atom. The molecule has 1 N–H and O–H groups in total. The maximum Gasteiger partial charge on any atom is 0.216 e. The second-order valence-electron chi connectivity index (χ2n) is 6.19. The van der Waals surface area contributed by atoms with E-state index in [1.165, 1.54) is 26.0 Å². The number of hydrogen-bond acceptors (Lipinski definition) is 5. The number of aryl methyl sites for hydroxylation is 2. The molecule has 0 saturated heterocycles. The number of benzene rings is 1. The van der Waals surface area contributed by atoms with E-state index >= 15 is 0 Å². The number of fused-ring (bicyclic) bond motifs is 3. The molecule has 0 aliphatic heterocycles. The van der Waals surface area contributed by atoms with Gasteiger partial charge >= 0.3 is 0 Å². The number of nitrogens with zero attached hydrogens (tertiary/aromatic N) is 2.